The number of hydrogen-bond donors (Lipinski definition) is 0. The summed E-state index contributed by atoms with van der Waals surface area (Å²) in [7, 11) is 2.07. The van der Waals surface area contributed by atoms with Crippen molar-refractivity contribution in [3.05, 3.63) is 92.8 Å². The number of likely N-dealkylation sites (N-methyl/N-ethyl adjacent to an activating group) is 1. The molecule has 0 bridgehead atoms. The highest BCUT2D eigenvalue weighted by Gasteiger charge is 2.23. The molecule has 0 unspecified atom stereocenters. The van der Waals surface area contributed by atoms with Crippen LogP contribution in [0.1, 0.15) is 5.56 Å². The van der Waals surface area contributed by atoms with E-state index < -0.39 is 4.92 Å². The third kappa shape index (κ3) is 3.92. The largest absolute Gasteiger partial charge is 0.369 e. The van der Waals surface area contributed by atoms with Gasteiger partial charge >= 0.3 is 0 Å². The van der Waals surface area contributed by atoms with Gasteiger partial charge in [-0.05, 0) is 32.2 Å². The Kier molecular flexibility index (Phi) is 5.59. The summed E-state index contributed by atoms with van der Waals surface area (Å²) in [4.78, 5) is 29.4. The molecule has 8 heteroatoms. The van der Waals surface area contributed by atoms with Gasteiger partial charge in [0.2, 0.25) is 0 Å². The Morgan fingerprint density at radius 2 is 1.59 bits per heavy atom. The first-order valence-electron chi connectivity index (χ1n) is 11.2. The number of aryl methyl sites for hydroxylation is 1. The van der Waals surface area contributed by atoms with Gasteiger partial charge in [0, 0.05) is 48.9 Å². The van der Waals surface area contributed by atoms with Crippen molar-refractivity contribution in [2.24, 2.45) is 0 Å². The molecule has 1 fully saturated rings. The molecule has 4 aromatic rings. The molecule has 1 aliphatic heterocycles. The van der Waals surface area contributed by atoms with Gasteiger partial charge in [0.05, 0.1) is 16.0 Å². The van der Waals surface area contributed by atoms with Gasteiger partial charge in [0.1, 0.15) is 5.69 Å². The van der Waals surface area contributed by atoms with E-state index in [0.29, 0.717) is 16.5 Å². The summed E-state index contributed by atoms with van der Waals surface area (Å²) in [5.74, 6) is 0. The molecule has 0 amide bonds. The van der Waals surface area contributed by atoms with Crippen LogP contribution < -0.4 is 10.5 Å². The first-order chi connectivity index (χ1) is 16.4. The molecule has 0 atom stereocenters. The minimum Gasteiger partial charge on any atom is -0.369 e. The van der Waals surface area contributed by atoms with Crippen LogP contribution in [0.5, 0.6) is 0 Å². The van der Waals surface area contributed by atoms with Gasteiger partial charge in [-0.15, -0.1) is 0 Å². The maximum Gasteiger partial charge on any atom is 0.295 e. The van der Waals surface area contributed by atoms with Crippen molar-refractivity contribution >= 4 is 22.1 Å². The van der Waals surface area contributed by atoms with E-state index in [4.69, 9.17) is 0 Å². The normalized spacial score (nSPS) is 14.5. The molecule has 1 saturated heterocycles. The number of anilines is 1. The maximum atomic E-state index is 13.5. The second-order valence-electron chi connectivity index (χ2n) is 8.70. The third-order valence-electron chi connectivity index (χ3n) is 6.38. The predicted molar refractivity (Wildman–Crippen MR) is 134 cm³/mol. The van der Waals surface area contributed by atoms with Crippen LogP contribution in [0.2, 0.25) is 0 Å². The van der Waals surface area contributed by atoms with Crippen LogP contribution in [-0.4, -0.2) is 52.8 Å². The van der Waals surface area contributed by atoms with Gasteiger partial charge in [0.15, 0.2) is 0 Å². The van der Waals surface area contributed by atoms with Crippen LogP contribution in [0.4, 0.5) is 11.4 Å². The van der Waals surface area contributed by atoms with Gasteiger partial charge in [0.25, 0.3) is 11.2 Å². The molecule has 1 aliphatic rings. The highest BCUT2D eigenvalue weighted by Crippen LogP contribution is 2.30. The van der Waals surface area contributed by atoms with Gasteiger partial charge < -0.3 is 9.80 Å². The lowest BCUT2D eigenvalue weighted by Crippen LogP contribution is -2.44. The molecule has 34 heavy (non-hydrogen) atoms. The second-order valence-corrected chi connectivity index (χ2v) is 8.70. The first kappa shape index (κ1) is 21.8. The molecule has 0 aliphatic carbocycles. The molecule has 3 aromatic carbocycles. The molecular weight excluding hydrogens is 430 g/mol. The summed E-state index contributed by atoms with van der Waals surface area (Å²) >= 11 is 0. The summed E-state index contributed by atoms with van der Waals surface area (Å²) in [5, 5.41) is 17.8. The van der Waals surface area contributed by atoms with Crippen molar-refractivity contribution in [2.75, 3.05) is 38.1 Å². The van der Waals surface area contributed by atoms with E-state index in [1.54, 1.807) is 24.3 Å². The second kappa shape index (κ2) is 8.72. The summed E-state index contributed by atoms with van der Waals surface area (Å²) in [5.41, 5.74) is 3.03. The molecule has 0 N–H and O–H groups in total. The number of aromatic nitrogens is 2. The van der Waals surface area contributed by atoms with Crippen molar-refractivity contribution in [3.8, 4) is 16.9 Å². The van der Waals surface area contributed by atoms with Gasteiger partial charge in [-0.25, -0.2) is 0 Å². The molecule has 0 spiro atoms. The zero-order chi connectivity index (χ0) is 23.8. The molecule has 0 saturated carbocycles. The highest BCUT2D eigenvalue weighted by molar-refractivity contribution is 5.94. The molecule has 8 nitrogen and oxygen atoms in total. The fourth-order valence-electron chi connectivity index (χ4n) is 4.37. The van der Waals surface area contributed by atoms with E-state index in [1.807, 2.05) is 43.3 Å². The smallest absolute Gasteiger partial charge is 0.295 e. The Balaban J connectivity index is 1.74. The molecule has 172 valence electrons. The summed E-state index contributed by atoms with van der Waals surface area (Å²) in [6.45, 7) is 5.42. The maximum absolute atomic E-state index is 13.5. The molecular formula is C26H25N5O3. The van der Waals surface area contributed by atoms with Crippen molar-refractivity contribution < 1.29 is 4.92 Å². The van der Waals surface area contributed by atoms with E-state index in [2.05, 4.69) is 21.9 Å². The fourth-order valence-corrected chi connectivity index (χ4v) is 4.37. The number of nitrogens with zero attached hydrogens (tertiary/aromatic N) is 5. The number of fused-ring (bicyclic) bond motifs is 1. The third-order valence-corrected chi connectivity index (χ3v) is 6.38. The Hall–Kier alpha value is -4.04. The number of hydrogen-bond acceptors (Lipinski definition) is 6. The lowest BCUT2D eigenvalue weighted by molar-refractivity contribution is -0.384. The van der Waals surface area contributed by atoms with Gasteiger partial charge in [-0.2, -0.15) is 9.78 Å². The Morgan fingerprint density at radius 3 is 2.26 bits per heavy atom. The first-order valence-corrected chi connectivity index (χ1v) is 11.2. The Bertz CT molecular complexity index is 1440. The van der Waals surface area contributed by atoms with Crippen LogP contribution in [0, 0.1) is 17.0 Å². The van der Waals surface area contributed by atoms with E-state index in [9.17, 15) is 14.9 Å². The molecule has 0 radical (unpaired) electrons. The molecule has 2 heterocycles. The quantitative estimate of drug-likeness (QED) is 0.341. The zero-order valence-electron chi connectivity index (χ0n) is 19.1. The average Bonchev–Trinajstić information content (AvgIpc) is 2.85. The number of nitro groups is 1. The average molecular weight is 456 g/mol. The van der Waals surface area contributed by atoms with E-state index >= 15 is 0 Å². The lowest BCUT2D eigenvalue weighted by atomic mass is 10.0. The van der Waals surface area contributed by atoms with Crippen LogP contribution in [0.15, 0.2) is 71.5 Å². The van der Waals surface area contributed by atoms with Crippen LogP contribution in [0.3, 0.4) is 0 Å². The van der Waals surface area contributed by atoms with E-state index in [1.165, 1.54) is 10.7 Å². The number of rotatable bonds is 4. The monoisotopic (exact) mass is 455 g/mol. The summed E-state index contributed by atoms with van der Waals surface area (Å²) in [6.07, 6.45) is 0. The number of benzene rings is 3. The van der Waals surface area contributed by atoms with E-state index in [-0.39, 0.29) is 16.9 Å². The standard InChI is InChI=1S/C26H25N5O3/c1-18-7-9-19(10-8-18)25-21-5-3-4-6-22(21)26(32)30(27-25)24-17-20(11-12-23(24)31(33)34)29-15-13-28(2)14-16-29/h3-12,17H,13-16H2,1-2H3. The lowest BCUT2D eigenvalue weighted by Gasteiger charge is -2.34. The van der Waals surface area contributed by atoms with Crippen molar-refractivity contribution in [2.45, 2.75) is 6.92 Å². The SMILES string of the molecule is Cc1ccc(-c2nn(-c3cc(N4CCN(C)CC4)ccc3[N+](=O)[O-])c(=O)c3ccccc23)cc1. The summed E-state index contributed by atoms with van der Waals surface area (Å²) in [6, 6.07) is 20.1. The number of nitro benzene ring substituents is 1. The minimum absolute atomic E-state index is 0.155. The Morgan fingerprint density at radius 1 is 0.912 bits per heavy atom. The van der Waals surface area contributed by atoms with Crippen LogP contribution >= 0.6 is 0 Å². The minimum atomic E-state index is -0.460. The predicted octanol–water partition coefficient (Wildman–Crippen LogP) is 4.02. The van der Waals surface area contributed by atoms with Crippen LogP contribution in [-0.2, 0) is 0 Å². The highest BCUT2D eigenvalue weighted by atomic mass is 16.6. The fraction of sp³-hybridized carbons (Fsp3) is 0.231. The van der Waals surface area contributed by atoms with Crippen molar-refractivity contribution in [1.82, 2.24) is 14.7 Å². The number of piperazine rings is 1. The van der Waals surface area contributed by atoms with Crippen LogP contribution in [0.25, 0.3) is 27.7 Å². The molecule has 5 rings (SSSR count). The van der Waals surface area contributed by atoms with Crippen molar-refractivity contribution in [1.29, 1.82) is 0 Å². The Labute approximate surface area is 196 Å². The zero-order valence-corrected chi connectivity index (χ0v) is 19.1. The van der Waals surface area contributed by atoms with E-state index in [0.717, 1.165) is 43.0 Å². The van der Waals surface area contributed by atoms with Gasteiger partial charge in [-0.3, -0.25) is 14.9 Å². The van der Waals surface area contributed by atoms with Gasteiger partial charge in [-0.1, -0.05) is 48.0 Å². The summed E-state index contributed by atoms with van der Waals surface area (Å²) < 4.78 is 1.19. The molecule has 1 aromatic heterocycles. The van der Waals surface area contributed by atoms with Crippen molar-refractivity contribution in [3.63, 3.8) is 0 Å². The topological polar surface area (TPSA) is 84.5 Å².